The maximum absolute atomic E-state index is 11.2. The monoisotopic (exact) mass is 378 g/mol. The SMILES string of the molecule is COc1ccc(CNc2cc(CCNC(C)=O)c3cc(OC)ccc3c2)cc1. The van der Waals surface area contributed by atoms with Crippen molar-refractivity contribution in [3.63, 3.8) is 0 Å². The molecule has 0 fully saturated rings. The van der Waals surface area contributed by atoms with Gasteiger partial charge in [-0.1, -0.05) is 18.2 Å². The number of methoxy groups -OCH3 is 2. The third-order valence-corrected chi connectivity index (χ3v) is 4.67. The molecule has 0 aliphatic carbocycles. The number of carbonyl (C=O) groups is 1. The van der Waals surface area contributed by atoms with E-state index in [-0.39, 0.29) is 5.91 Å². The van der Waals surface area contributed by atoms with E-state index >= 15 is 0 Å². The normalized spacial score (nSPS) is 10.5. The molecule has 3 aromatic carbocycles. The highest BCUT2D eigenvalue weighted by Gasteiger charge is 2.07. The molecule has 0 saturated carbocycles. The summed E-state index contributed by atoms with van der Waals surface area (Å²) in [6.07, 6.45) is 0.751. The molecular weight excluding hydrogens is 352 g/mol. The van der Waals surface area contributed by atoms with E-state index in [1.807, 2.05) is 24.3 Å². The molecule has 5 nitrogen and oxygen atoms in total. The number of fused-ring (bicyclic) bond motifs is 1. The van der Waals surface area contributed by atoms with Gasteiger partial charge in [-0.05, 0) is 64.7 Å². The van der Waals surface area contributed by atoms with Gasteiger partial charge in [-0.15, -0.1) is 0 Å². The first-order valence-electron chi connectivity index (χ1n) is 9.31. The van der Waals surface area contributed by atoms with E-state index in [0.717, 1.165) is 40.9 Å². The first-order valence-corrected chi connectivity index (χ1v) is 9.31. The molecule has 3 rings (SSSR count). The fourth-order valence-corrected chi connectivity index (χ4v) is 3.17. The molecule has 0 bridgehead atoms. The average molecular weight is 378 g/mol. The fourth-order valence-electron chi connectivity index (χ4n) is 3.17. The summed E-state index contributed by atoms with van der Waals surface area (Å²) in [6.45, 7) is 2.86. The van der Waals surface area contributed by atoms with Crippen molar-refractivity contribution in [2.45, 2.75) is 19.9 Å². The number of amides is 1. The number of hydrogen-bond acceptors (Lipinski definition) is 4. The van der Waals surface area contributed by atoms with Crippen LogP contribution in [0.25, 0.3) is 10.8 Å². The van der Waals surface area contributed by atoms with Crippen molar-refractivity contribution in [3.05, 3.63) is 65.7 Å². The van der Waals surface area contributed by atoms with E-state index in [2.05, 4.69) is 41.0 Å². The maximum Gasteiger partial charge on any atom is 0.216 e. The van der Waals surface area contributed by atoms with Gasteiger partial charge in [0.15, 0.2) is 0 Å². The maximum atomic E-state index is 11.2. The molecule has 0 aromatic heterocycles. The fraction of sp³-hybridized carbons (Fsp3) is 0.261. The van der Waals surface area contributed by atoms with Gasteiger partial charge < -0.3 is 20.1 Å². The minimum absolute atomic E-state index is 0.0179. The van der Waals surface area contributed by atoms with E-state index in [1.54, 1.807) is 14.2 Å². The van der Waals surface area contributed by atoms with E-state index in [0.29, 0.717) is 6.54 Å². The summed E-state index contributed by atoms with van der Waals surface area (Å²) in [7, 11) is 3.34. The number of anilines is 1. The summed E-state index contributed by atoms with van der Waals surface area (Å²) in [6, 6.07) is 18.4. The van der Waals surface area contributed by atoms with Crippen LogP contribution >= 0.6 is 0 Å². The number of carbonyl (C=O) groups excluding carboxylic acids is 1. The van der Waals surface area contributed by atoms with Gasteiger partial charge in [-0.25, -0.2) is 0 Å². The predicted molar refractivity (Wildman–Crippen MR) is 113 cm³/mol. The van der Waals surface area contributed by atoms with Crippen molar-refractivity contribution in [2.75, 3.05) is 26.1 Å². The van der Waals surface area contributed by atoms with Gasteiger partial charge in [0.05, 0.1) is 14.2 Å². The van der Waals surface area contributed by atoms with E-state index in [9.17, 15) is 4.79 Å². The van der Waals surface area contributed by atoms with Crippen LogP contribution in [0.1, 0.15) is 18.1 Å². The predicted octanol–water partition coefficient (Wildman–Crippen LogP) is 4.15. The summed E-state index contributed by atoms with van der Waals surface area (Å²) in [4.78, 5) is 11.2. The van der Waals surface area contributed by atoms with Gasteiger partial charge in [0, 0.05) is 25.7 Å². The Morgan fingerprint density at radius 3 is 2.32 bits per heavy atom. The summed E-state index contributed by atoms with van der Waals surface area (Å²) in [5.74, 6) is 1.66. The molecule has 0 atom stereocenters. The van der Waals surface area contributed by atoms with Crippen LogP contribution in [0.3, 0.4) is 0 Å². The molecule has 0 aliphatic heterocycles. The van der Waals surface area contributed by atoms with Crippen LogP contribution in [-0.2, 0) is 17.8 Å². The molecule has 0 spiro atoms. The molecule has 0 heterocycles. The van der Waals surface area contributed by atoms with Crippen molar-refractivity contribution in [1.82, 2.24) is 5.32 Å². The Morgan fingerprint density at radius 1 is 0.929 bits per heavy atom. The smallest absolute Gasteiger partial charge is 0.216 e. The van der Waals surface area contributed by atoms with Gasteiger partial charge in [0.1, 0.15) is 11.5 Å². The lowest BCUT2D eigenvalue weighted by molar-refractivity contribution is -0.118. The quantitative estimate of drug-likeness (QED) is 0.618. The molecule has 1 amide bonds. The first-order chi connectivity index (χ1) is 13.6. The largest absolute Gasteiger partial charge is 0.497 e. The van der Waals surface area contributed by atoms with Crippen LogP contribution in [0.4, 0.5) is 5.69 Å². The molecule has 3 aromatic rings. The second kappa shape index (κ2) is 9.13. The van der Waals surface area contributed by atoms with Crippen molar-refractivity contribution in [2.24, 2.45) is 0 Å². The lowest BCUT2D eigenvalue weighted by atomic mass is 10.0. The van der Waals surface area contributed by atoms with E-state index in [1.165, 1.54) is 18.1 Å². The Kier molecular flexibility index (Phi) is 6.37. The number of nitrogens with one attached hydrogen (secondary N) is 2. The highest BCUT2D eigenvalue weighted by Crippen LogP contribution is 2.28. The van der Waals surface area contributed by atoms with Gasteiger partial charge >= 0.3 is 0 Å². The number of ether oxygens (including phenoxy) is 2. The Balaban J connectivity index is 1.83. The molecule has 0 aliphatic rings. The van der Waals surface area contributed by atoms with Crippen LogP contribution in [0.2, 0.25) is 0 Å². The molecule has 28 heavy (non-hydrogen) atoms. The lowest BCUT2D eigenvalue weighted by Crippen LogP contribution is -2.22. The molecule has 0 unspecified atom stereocenters. The number of rotatable bonds is 8. The van der Waals surface area contributed by atoms with Crippen molar-refractivity contribution < 1.29 is 14.3 Å². The third kappa shape index (κ3) is 4.94. The zero-order chi connectivity index (χ0) is 19.9. The number of benzene rings is 3. The third-order valence-electron chi connectivity index (χ3n) is 4.67. The zero-order valence-electron chi connectivity index (χ0n) is 16.5. The Hall–Kier alpha value is -3.21. The molecule has 0 saturated heterocycles. The summed E-state index contributed by atoms with van der Waals surface area (Å²) in [5.41, 5.74) is 3.39. The van der Waals surface area contributed by atoms with Crippen LogP contribution in [0, 0.1) is 0 Å². The van der Waals surface area contributed by atoms with Crippen molar-refractivity contribution >= 4 is 22.4 Å². The number of hydrogen-bond donors (Lipinski definition) is 2. The molecule has 2 N–H and O–H groups in total. The molecule has 146 valence electrons. The van der Waals surface area contributed by atoms with E-state index < -0.39 is 0 Å². The highest BCUT2D eigenvalue weighted by atomic mass is 16.5. The van der Waals surface area contributed by atoms with Gasteiger partial charge in [-0.3, -0.25) is 4.79 Å². The Bertz CT molecular complexity index is 952. The molecule has 0 radical (unpaired) electrons. The topological polar surface area (TPSA) is 59.6 Å². The summed E-state index contributed by atoms with van der Waals surface area (Å²) >= 11 is 0. The summed E-state index contributed by atoms with van der Waals surface area (Å²) < 4.78 is 10.6. The van der Waals surface area contributed by atoms with E-state index in [4.69, 9.17) is 9.47 Å². The lowest BCUT2D eigenvalue weighted by Gasteiger charge is -2.14. The van der Waals surface area contributed by atoms with Crippen LogP contribution in [0.15, 0.2) is 54.6 Å². The second-order valence-corrected chi connectivity index (χ2v) is 6.66. The summed E-state index contributed by atoms with van der Waals surface area (Å²) in [5, 5.41) is 8.65. The standard InChI is InChI=1S/C23H26N2O3/c1-16(26)24-11-10-19-13-20(12-18-6-9-22(28-3)14-23(18)19)25-15-17-4-7-21(27-2)8-5-17/h4-9,12-14,25H,10-11,15H2,1-3H3,(H,24,26). The van der Waals surface area contributed by atoms with Crippen LogP contribution < -0.4 is 20.1 Å². The average Bonchev–Trinajstić information content (AvgIpc) is 2.72. The second-order valence-electron chi connectivity index (χ2n) is 6.66. The first kappa shape index (κ1) is 19.5. The molecule has 5 heteroatoms. The highest BCUT2D eigenvalue weighted by molar-refractivity contribution is 5.90. The van der Waals surface area contributed by atoms with Gasteiger partial charge in [0.25, 0.3) is 0 Å². The van der Waals surface area contributed by atoms with Crippen LogP contribution in [0.5, 0.6) is 11.5 Å². The Morgan fingerprint density at radius 2 is 1.64 bits per heavy atom. The van der Waals surface area contributed by atoms with Crippen molar-refractivity contribution in [1.29, 1.82) is 0 Å². The molecular formula is C23H26N2O3. The van der Waals surface area contributed by atoms with Gasteiger partial charge in [-0.2, -0.15) is 0 Å². The van der Waals surface area contributed by atoms with Crippen LogP contribution in [-0.4, -0.2) is 26.7 Å². The van der Waals surface area contributed by atoms with Gasteiger partial charge in [0.2, 0.25) is 5.91 Å². The Labute approximate surface area is 165 Å². The van der Waals surface area contributed by atoms with Crippen molar-refractivity contribution in [3.8, 4) is 11.5 Å². The minimum atomic E-state index is -0.0179. The zero-order valence-corrected chi connectivity index (χ0v) is 16.5. The minimum Gasteiger partial charge on any atom is -0.497 e.